The fraction of sp³-hybridized carbons (Fsp3) is 0.588. The second-order valence-electron chi connectivity index (χ2n) is 6.04. The first kappa shape index (κ1) is 22.4. The van der Waals surface area contributed by atoms with Crippen molar-refractivity contribution in [3.8, 4) is 11.5 Å². The number of nitrogens with one attached hydrogen (secondary N) is 1. The fourth-order valence-corrected chi connectivity index (χ4v) is 2.75. The molecule has 0 bridgehead atoms. The predicted molar refractivity (Wildman–Crippen MR) is 94.2 cm³/mol. The number of hydrogen-bond acceptors (Lipinski definition) is 4. The molecule has 2 rings (SSSR count). The van der Waals surface area contributed by atoms with Crippen molar-refractivity contribution in [2.45, 2.75) is 31.5 Å². The summed E-state index contributed by atoms with van der Waals surface area (Å²) < 4.78 is 46.6. The third-order valence-corrected chi connectivity index (χ3v) is 4.22. The summed E-state index contributed by atoms with van der Waals surface area (Å²) >= 11 is 0. The van der Waals surface area contributed by atoms with Crippen LogP contribution in [0.1, 0.15) is 18.4 Å². The van der Waals surface area contributed by atoms with Crippen LogP contribution < -0.4 is 14.8 Å². The molecule has 1 aromatic rings. The van der Waals surface area contributed by atoms with Crippen molar-refractivity contribution in [2.75, 3.05) is 33.9 Å². The molecular formula is C17H24ClF3N2O3. The summed E-state index contributed by atoms with van der Waals surface area (Å²) in [6, 6.07) is 4.92. The molecule has 1 aliphatic rings. The van der Waals surface area contributed by atoms with Crippen LogP contribution in [0.4, 0.5) is 13.2 Å². The van der Waals surface area contributed by atoms with Crippen LogP contribution in [-0.4, -0.2) is 56.9 Å². The number of benzene rings is 1. The minimum Gasteiger partial charge on any atom is -0.493 e. The van der Waals surface area contributed by atoms with Crippen molar-refractivity contribution < 1.29 is 27.4 Å². The first-order valence-corrected chi connectivity index (χ1v) is 8.13. The molecule has 1 heterocycles. The minimum absolute atomic E-state index is 0. The van der Waals surface area contributed by atoms with Crippen LogP contribution in [0, 0.1) is 0 Å². The Balaban J connectivity index is 0.00000338. The van der Waals surface area contributed by atoms with Crippen LogP contribution >= 0.6 is 12.4 Å². The Kier molecular flexibility index (Phi) is 8.49. The van der Waals surface area contributed by atoms with E-state index in [0.29, 0.717) is 12.8 Å². The largest absolute Gasteiger partial charge is 0.493 e. The maximum absolute atomic E-state index is 12.3. The number of carbonyl (C=O) groups is 1. The van der Waals surface area contributed by atoms with Crippen LogP contribution in [0.3, 0.4) is 0 Å². The maximum atomic E-state index is 12.3. The normalized spacial score (nSPS) is 16.7. The Bertz CT molecular complexity index is 593. The zero-order valence-corrected chi connectivity index (χ0v) is 15.6. The lowest BCUT2D eigenvalue weighted by molar-refractivity contribution is -0.153. The Morgan fingerprint density at radius 3 is 2.65 bits per heavy atom. The summed E-state index contributed by atoms with van der Waals surface area (Å²) in [5, 5.41) is 3.22. The number of ether oxygens (including phenoxy) is 2. The SMILES string of the molecule is COc1cc(CCC(=O)N(C)C2CCNC2)ccc1OCC(F)(F)F.Cl. The van der Waals surface area contributed by atoms with Gasteiger partial charge in [-0.3, -0.25) is 4.79 Å². The molecule has 26 heavy (non-hydrogen) atoms. The van der Waals surface area contributed by atoms with Gasteiger partial charge in [0.1, 0.15) is 0 Å². The van der Waals surface area contributed by atoms with Crippen molar-refractivity contribution in [1.82, 2.24) is 10.2 Å². The summed E-state index contributed by atoms with van der Waals surface area (Å²) in [5.74, 6) is 0.302. The average Bonchev–Trinajstić information content (AvgIpc) is 3.11. The quantitative estimate of drug-likeness (QED) is 0.770. The minimum atomic E-state index is -4.41. The molecule has 0 aliphatic carbocycles. The van der Waals surface area contributed by atoms with Crippen molar-refractivity contribution in [3.05, 3.63) is 23.8 Å². The van der Waals surface area contributed by atoms with E-state index in [4.69, 9.17) is 9.47 Å². The second-order valence-corrected chi connectivity index (χ2v) is 6.04. The Morgan fingerprint density at radius 1 is 1.35 bits per heavy atom. The topological polar surface area (TPSA) is 50.8 Å². The molecule has 1 aliphatic heterocycles. The third kappa shape index (κ3) is 6.57. The standard InChI is InChI=1S/C17H23F3N2O3.ClH/c1-22(13-7-8-21-10-13)16(23)6-4-12-3-5-14(15(9-12)24-2)25-11-17(18,19)20;/h3,5,9,13,21H,4,6-8,10-11H2,1-2H3;1H. The van der Waals surface area contributed by atoms with Gasteiger partial charge in [0.25, 0.3) is 0 Å². The molecule has 1 amide bonds. The maximum Gasteiger partial charge on any atom is 0.422 e. The van der Waals surface area contributed by atoms with E-state index in [9.17, 15) is 18.0 Å². The highest BCUT2D eigenvalue weighted by Crippen LogP contribution is 2.30. The Hall–Kier alpha value is -1.67. The van der Waals surface area contributed by atoms with E-state index in [1.807, 2.05) is 0 Å². The van der Waals surface area contributed by atoms with E-state index < -0.39 is 12.8 Å². The van der Waals surface area contributed by atoms with Gasteiger partial charge < -0.3 is 19.7 Å². The summed E-state index contributed by atoms with van der Waals surface area (Å²) in [6.07, 6.45) is -2.64. The van der Waals surface area contributed by atoms with Crippen molar-refractivity contribution >= 4 is 18.3 Å². The zero-order valence-electron chi connectivity index (χ0n) is 14.8. The molecular weight excluding hydrogens is 373 g/mol. The molecule has 0 saturated carbocycles. The summed E-state index contributed by atoms with van der Waals surface area (Å²) in [4.78, 5) is 14.0. The third-order valence-electron chi connectivity index (χ3n) is 4.22. The molecule has 0 aromatic heterocycles. The lowest BCUT2D eigenvalue weighted by Gasteiger charge is -2.23. The van der Waals surface area contributed by atoms with E-state index in [1.165, 1.54) is 13.2 Å². The summed E-state index contributed by atoms with van der Waals surface area (Å²) in [7, 11) is 3.17. The monoisotopic (exact) mass is 396 g/mol. The number of alkyl halides is 3. The molecule has 5 nitrogen and oxygen atoms in total. The number of hydrogen-bond donors (Lipinski definition) is 1. The van der Waals surface area contributed by atoms with E-state index in [2.05, 4.69) is 5.32 Å². The lowest BCUT2D eigenvalue weighted by atomic mass is 10.1. The van der Waals surface area contributed by atoms with E-state index in [0.717, 1.165) is 25.1 Å². The Morgan fingerprint density at radius 2 is 2.08 bits per heavy atom. The van der Waals surface area contributed by atoms with Crippen molar-refractivity contribution in [3.63, 3.8) is 0 Å². The van der Waals surface area contributed by atoms with Crippen molar-refractivity contribution in [2.24, 2.45) is 0 Å². The molecule has 9 heteroatoms. The molecule has 1 fully saturated rings. The van der Waals surface area contributed by atoms with Gasteiger partial charge in [-0.05, 0) is 37.1 Å². The van der Waals surface area contributed by atoms with E-state index in [-0.39, 0.29) is 35.9 Å². The van der Waals surface area contributed by atoms with Crippen LogP contribution in [0.2, 0.25) is 0 Å². The molecule has 1 N–H and O–H groups in total. The number of halogens is 4. The number of amides is 1. The van der Waals surface area contributed by atoms with Crippen LogP contribution in [0.15, 0.2) is 18.2 Å². The van der Waals surface area contributed by atoms with Gasteiger partial charge in [-0.1, -0.05) is 6.07 Å². The fourth-order valence-electron chi connectivity index (χ4n) is 2.75. The smallest absolute Gasteiger partial charge is 0.422 e. The van der Waals surface area contributed by atoms with Gasteiger partial charge in [0.2, 0.25) is 5.91 Å². The first-order valence-electron chi connectivity index (χ1n) is 8.13. The molecule has 1 atom stereocenters. The van der Waals surface area contributed by atoms with Gasteiger partial charge in [0.15, 0.2) is 18.1 Å². The van der Waals surface area contributed by atoms with Gasteiger partial charge in [-0.15, -0.1) is 12.4 Å². The second kappa shape index (κ2) is 9.87. The van der Waals surface area contributed by atoms with E-state index in [1.54, 1.807) is 24.1 Å². The number of likely N-dealkylation sites (N-methyl/N-ethyl adjacent to an activating group) is 1. The highest BCUT2D eigenvalue weighted by molar-refractivity contribution is 5.85. The highest BCUT2D eigenvalue weighted by Gasteiger charge is 2.29. The highest BCUT2D eigenvalue weighted by atomic mass is 35.5. The molecule has 0 radical (unpaired) electrons. The van der Waals surface area contributed by atoms with Crippen LogP contribution in [0.25, 0.3) is 0 Å². The van der Waals surface area contributed by atoms with Gasteiger partial charge in [0, 0.05) is 26.1 Å². The van der Waals surface area contributed by atoms with Gasteiger partial charge in [-0.25, -0.2) is 0 Å². The van der Waals surface area contributed by atoms with Gasteiger partial charge in [0.05, 0.1) is 7.11 Å². The number of methoxy groups -OCH3 is 1. The van der Waals surface area contributed by atoms with Crippen LogP contribution in [-0.2, 0) is 11.2 Å². The number of rotatable bonds is 7. The van der Waals surface area contributed by atoms with E-state index >= 15 is 0 Å². The molecule has 1 saturated heterocycles. The molecule has 0 spiro atoms. The molecule has 148 valence electrons. The Labute approximate surface area is 157 Å². The zero-order chi connectivity index (χ0) is 18.4. The number of nitrogens with zero attached hydrogens (tertiary/aromatic N) is 1. The lowest BCUT2D eigenvalue weighted by Crippen LogP contribution is -2.38. The predicted octanol–water partition coefficient (Wildman–Crippen LogP) is 2.81. The van der Waals surface area contributed by atoms with Gasteiger partial charge >= 0.3 is 6.18 Å². The molecule has 1 unspecified atom stereocenters. The van der Waals surface area contributed by atoms with Crippen LogP contribution in [0.5, 0.6) is 11.5 Å². The number of carbonyl (C=O) groups excluding carboxylic acids is 1. The van der Waals surface area contributed by atoms with Gasteiger partial charge in [-0.2, -0.15) is 13.2 Å². The van der Waals surface area contributed by atoms with Crippen molar-refractivity contribution in [1.29, 1.82) is 0 Å². The first-order chi connectivity index (χ1) is 11.8. The summed E-state index contributed by atoms with van der Waals surface area (Å²) in [6.45, 7) is 0.349. The summed E-state index contributed by atoms with van der Waals surface area (Å²) in [5.41, 5.74) is 0.808. The molecule has 1 aromatic carbocycles. The average molecular weight is 397 g/mol. The number of aryl methyl sites for hydroxylation is 1.